The van der Waals surface area contributed by atoms with Gasteiger partial charge < -0.3 is 20.1 Å². The first-order chi connectivity index (χ1) is 11.6. The fraction of sp³-hybridized carbons (Fsp3) is 0.889. The van der Waals surface area contributed by atoms with E-state index in [1.807, 2.05) is 6.92 Å². The number of rotatable bonds is 14. The van der Waals surface area contributed by atoms with E-state index in [0.717, 1.165) is 64.4 Å². The zero-order chi connectivity index (χ0) is 18.0. The number of carbonyl (C=O) groups excluding carboxylic acids is 1. The lowest BCUT2D eigenvalue weighted by molar-refractivity contribution is -0.143. The zero-order valence-corrected chi connectivity index (χ0v) is 18.8. The normalized spacial score (nSPS) is 11.2. The predicted molar refractivity (Wildman–Crippen MR) is 115 cm³/mol. The van der Waals surface area contributed by atoms with Crippen molar-refractivity contribution in [1.29, 1.82) is 0 Å². The average Bonchev–Trinajstić information content (AvgIpc) is 2.55. The van der Waals surface area contributed by atoms with Crippen LogP contribution in [0.5, 0.6) is 0 Å². The van der Waals surface area contributed by atoms with Gasteiger partial charge in [-0.25, -0.2) is 0 Å². The average molecular weight is 471 g/mol. The van der Waals surface area contributed by atoms with Gasteiger partial charge >= 0.3 is 5.97 Å². The van der Waals surface area contributed by atoms with Crippen LogP contribution < -0.4 is 10.6 Å². The van der Waals surface area contributed by atoms with E-state index in [1.165, 1.54) is 0 Å². The molecule has 0 heterocycles. The molecule has 150 valence electrons. The number of halogens is 1. The van der Waals surface area contributed by atoms with Gasteiger partial charge in [0, 0.05) is 39.8 Å². The Labute approximate surface area is 170 Å². The molecule has 0 atom stereocenters. The third-order valence-electron chi connectivity index (χ3n) is 3.34. The molecule has 0 aliphatic carbocycles. The van der Waals surface area contributed by atoms with Gasteiger partial charge in [-0.05, 0) is 32.1 Å². The molecule has 0 saturated heterocycles. The number of nitrogens with zero attached hydrogens (tertiary/aromatic N) is 1. The van der Waals surface area contributed by atoms with E-state index in [-0.39, 0.29) is 29.9 Å². The van der Waals surface area contributed by atoms with Crippen molar-refractivity contribution in [2.24, 2.45) is 10.9 Å². The molecule has 0 aliphatic rings. The van der Waals surface area contributed by atoms with Crippen molar-refractivity contribution in [2.45, 2.75) is 59.3 Å². The Kier molecular flexibility index (Phi) is 21.1. The lowest BCUT2D eigenvalue weighted by Gasteiger charge is -2.12. The molecular weight excluding hydrogens is 433 g/mol. The van der Waals surface area contributed by atoms with Crippen molar-refractivity contribution in [3.63, 3.8) is 0 Å². The molecule has 6 nitrogen and oxygen atoms in total. The molecule has 0 bridgehead atoms. The topological polar surface area (TPSA) is 72.0 Å². The van der Waals surface area contributed by atoms with E-state index in [4.69, 9.17) is 9.47 Å². The van der Waals surface area contributed by atoms with Gasteiger partial charge in [-0.1, -0.05) is 26.7 Å². The second kappa shape index (κ2) is 19.8. The molecule has 0 aromatic heterocycles. The van der Waals surface area contributed by atoms with E-state index in [1.54, 1.807) is 7.05 Å². The summed E-state index contributed by atoms with van der Waals surface area (Å²) in [6, 6.07) is 0. The monoisotopic (exact) mass is 471 g/mol. The number of aliphatic imine (C=N–C) groups is 1. The number of esters is 1. The number of ether oxygens (including phenoxy) is 2. The second-order valence-corrected chi connectivity index (χ2v) is 6.22. The van der Waals surface area contributed by atoms with Gasteiger partial charge in [0.15, 0.2) is 5.96 Å². The number of guanidine groups is 1. The maximum absolute atomic E-state index is 11.2. The lowest BCUT2D eigenvalue weighted by atomic mass is 10.1. The molecule has 25 heavy (non-hydrogen) atoms. The van der Waals surface area contributed by atoms with Crippen molar-refractivity contribution >= 4 is 35.9 Å². The molecule has 0 amide bonds. The van der Waals surface area contributed by atoms with Gasteiger partial charge in [0.2, 0.25) is 0 Å². The first kappa shape index (κ1) is 26.7. The number of hydrogen-bond acceptors (Lipinski definition) is 4. The Balaban J connectivity index is 0. The highest BCUT2D eigenvalue weighted by molar-refractivity contribution is 14.0. The summed E-state index contributed by atoms with van der Waals surface area (Å²) in [6.07, 6.45) is 5.64. The maximum Gasteiger partial charge on any atom is 0.305 e. The van der Waals surface area contributed by atoms with Crippen LogP contribution in [0.25, 0.3) is 0 Å². The highest BCUT2D eigenvalue weighted by atomic mass is 127. The Hall–Kier alpha value is -0.570. The molecule has 0 aliphatic heterocycles. The Bertz CT molecular complexity index is 340. The van der Waals surface area contributed by atoms with Crippen LogP contribution in [0.1, 0.15) is 59.3 Å². The first-order valence-corrected chi connectivity index (χ1v) is 9.28. The predicted octanol–water partition coefficient (Wildman–Crippen LogP) is 3.35. The highest BCUT2D eigenvalue weighted by Crippen LogP contribution is 2.03. The number of carbonyl (C=O) groups is 1. The molecular formula is C18H38IN3O3. The van der Waals surface area contributed by atoms with Crippen LogP contribution in [0.15, 0.2) is 4.99 Å². The van der Waals surface area contributed by atoms with E-state index < -0.39 is 0 Å². The summed E-state index contributed by atoms with van der Waals surface area (Å²) >= 11 is 0. The van der Waals surface area contributed by atoms with Gasteiger partial charge in [-0.3, -0.25) is 9.79 Å². The van der Waals surface area contributed by atoms with Crippen LogP contribution in [0.2, 0.25) is 0 Å². The summed E-state index contributed by atoms with van der Waals surface area (Å²) in [4.78, 5) is 15.4. The molecule has 0 spiro atoms. The molecule has 0 saturated carbocycles. The van der Waals surface area contributed by atoms with E-state index in [2.05, 4.69) is 29.5 Å². The minimum absolute atomic E-state index is 0. The maximum atomic E-state index is 11.2. The fourth-order valence-corrected chi connectivity index (χ4v) is 2.11. The summed E-state index contributed by atoms with van der Waals surface area (Å²) < 4.78 is 10.5. The number of unbranched alkanes of at least 4 members (excludes halogenated alkanes) is 3. The van der Waals surface area contributed by atoms with Crippen LogP contribution in [-0.4, -0.2) is 51.9 Å². The Morgan fingerprint density at radius 1 is 1.04 bits per heavy atom. The first-order valence-electron chi connectivity index (χ1n) is 9.28. The van der Waals surface area contributed by atoms with Crippen molar-refractivity contribution in [3.05, 3.63) is 0 Å². The standard InChI is InChI=1S/C18H37N3O3.HI/c1-5-24-17(22)11-8-6-7-9-12-20-18(19-4)21-13-10-14-23-15-16(2)3;/h16H,5-15H2,1-4H3,(H2,19,20,21);1H. The third kappa shape index (κ3) is 19.6. The smallest absolute Gasteiger partial charge is 0.305 e. The summed E-state index contributed by atoms with van der Waals surface area (Å²) in [5.41, 5.74) is 0. The molecule has 7 heteroatoms. The minimum atomic E-state index is -0.0856. The summed E-state index contributed by atoms with van der Waals surface area (Å²) in [6.45, 7) is 9.97. The van der Waals surface area contributed by atoms with E-state index in [0.29, 0.717) is 18.9 Å². The molecule has 0 aromatic rings. The van der Waals surface area contributed by atoms with Gasteiger partial charge in [0.25, 0.3) is 0 Å². The van der Waals surface area contributed by atoms with Crippen LogP contribution in [-0.2, 0) is 14.3 Å². The van der Waals surface area contributed by atoms with E-state index in [9.17, 15) is 4.79 Å². The summed E-state index contributed by atoms with van der Waals surface area (Å²) in [7, 11) is 1.78. The molecule has 2 N–H and O–H groups in total. The second-order valence-electron chi connectivity index (χ2n) is 6.22. The van der Waals surface area contributed by atoms with Crippen LogP contribution in [0.3, 0.4) is 0 Å². The molecule has 0 aromatic carbocycles. The third-order valence-corrected chi connectivity index (χ3v) is 3.34. The van der Waals surface area contributed by atoms with Crippen LogP contribution >= 0.6 is 24.0 Å². The van der Waals surface area contributed by atoms with Crippen LogP contribution in [0, 0.1) is 5.92 Å². The van der Waals surface area contributed by atoms with Crippen molar-refractivity contribution in [1.82, 2.24) is 10.6 Å². The Morgan fingerprint density at radius 3 is 2.28 bits per heavy atom. The van der Waals surface area contributed by atoms with E-state index >= 15 is 0 Å². The number of nitrogens with one attached hydrogen (secondary N) is 2. The highest BCUT2D eigenvalue weighted by Gasteiger charge is 2.01. The Morgan fingerprint density at radius 2 is 1.68 bits per heavy atom. The fourth-order valence-electron chi connectivity index (χ4n) is 2.11. The minimum Gasteiger partial charge on any atom is -0.466 e. The molecule has 0 radical (unpaired) electrons. The van der Waals surface area contributed by atoms with Gasteiger partial charge in [0.1, 0.15) is 0 Å². The number of hydrogen-bond donors (Lipinski definition) is 2. The van der Waals surface area contributed by atoms with Gasteiger partial charge in [0.05, 0.1) is 6.61 Å². The molecule has 0 rings (SSSR count). The molecule has 0 fully saturated rings. The van der Waals surface area contributed by atoms with Crippen molar-refractivity contribution in [3.8, 4) is 0 Å². The van der Waals surface area contributed by atoms with Gasteiger partial charge in [-0.15, -0.1) is 24.0 Å². The quantitative estimate of drug-likeness (QED) is 0.134. The summed E-state index contributed by atoms with van der Waals surface area (Å²) in [5, 5.41) is 6.59. The zero-order valence-electron chi connectivity index (χ0n) is 16.4. The van der Waals surface area contributed by atoms with Gasteiger partial charge in [-0.2, -0.15) is 0 Å². The van der Waals surface area contributed by atoms with Crippen LogP contribution in [0.4, 0.5) is 0 Å². The largest absolute Gasteiger partial charge is 0.466 e. The SMILES string of the molecule is CCOC(=O)CCCCCCNC(=NC)NCCCOCC(C)C.I. The van der Waals surface area contributed by atoms with Crippen molar-refractivity contribution in [2.75, 3.05) is 40.0 Å². The lowest BCUT2D eigenvalue weighted by Crippen LogP contribution is -2.38. The molecule has 0 unspecified atom stereocenters. The summed E-state index contributed by atoms with van der Waals surface area (Å²) in [5.74, 6) is 1.34. The van der Waals surface area contributed by atoms with Crippen molar-refractivity contribution < 1.29 is 14.3 Å².